The number of nitrogens with zero attached hydrogens (tertiary/aromatic N) is 3. The van der Waals surface area contributed by atoms with Crippen LogP contribution in [0.1, 0.15) is 5.56 Å². The molecule has 0 unspecified atom stereocenters. The molecule has 0 aliphatic carbocycles. The number of ether oxygens (including phenoxy) is 2. The predicted molar refractivity (Wildman–Crippen MR) is 136 cm³/mol. The first-order valence-electron chi connectivity index (χ1n) is 11.6. The molecule has 2 heterocycles. The van der Waals surface area contributed by atoms with E-state index in [9.17, 15) is 4.79 Å². The van der Waals surface area contributed by atoms with E-state index in [1.54, 1.807) is 0 Å². The number of carbonyl (C=O) groups is 1. The molecule has 35 heavy (non-hydrogen) atoms. The lowest BCUT2D eigenvalue weighted by atomic mass is 10.2. The molecule has 1 aliphatic heterocycles. The summed E-state index contributed by atoms with van der Waals surface area (Å²) in [6, 6.07) is 23.4. The van der Waals surface area contributed by atoms with Crippen LogP contribution in [0, 0.1) is 0 Å². The van der Waals surface area contributed by atoms with Gasteiger partial charge < -0.3 is 20.1 Å². The average Bonchev–Trinajstić information content (AvgIpc) is 2.90. The minimum absolute atomic E-state index is 0.0521. The van der Waals surface area contributed by atoms with Gasteiger partial charge in [0.25, 0.3) is 0 Å². The fourth-order valence-corrected chi connectivity index (χ4v) is 3.91. The van der Waals surface area contributed by atoms with Crippen LogP contribution < -0.4 is 15.4 Å². The van der Waals surface area contributed by atoms with Gasteiger partial charge in [-0.15, -0.1) is 0 Å². The molecule has 8 nitrogen and oxygen atoms in total. The van der Waals surface area contributed by atoms with Crippen LogP contribution in [0.5, 0.6) is 5.75 Å². The summed E-state index contributed by atoms with van der Waals surface area (Å²) in [7, 11) is 0. The van der Waals surface area contributed by atoms with E-state index in [4.69, 9.17) is 9.47 Å². The van der Waals surface area contributed by atoms with E-state index in [0.29, 0.717) is 37.9 Å². The number of benzene rings is 3. The Bertz CT molecular complexity index is 1280. The van der Waals surface area contributed by atoms with E-state index in [0.717, 1.165) is 41.0 Å². The van der Waals surface area contributed by atoms with Crippen molar-refractivity contribution in [1.82, 2.24) is 14.9 Å². The second kappa shape index (κ2) is 10.9. The van der Waals surface area contributed by atoms with Crippen LogP contribution in [0.4, 0.5) is 17.2 Å². The van der Waals surface area contributed by atoms with E-state index in [1.165, 1.54) is 6.33 Å². The second-order valence-electron chi connectivity index (χ2n) is 8.31. The normalized spacial score (nSPS) is 13.9. The zero-order valence-electron chi connectivity index (χ0n) is 19.3. The Labute approximate surface area is 203 Å². The number of aromatic nitrogens is 2. The van der Waals surface area contributed by atoms with Crippen molar-refractivity contribution < 1.29 is 14.3 Å². The largest absolute Gasteiger partial charge is 0.489 e. The van der Waals surface area contributed by atoms with Crippen LogP contribution >= 0.6 is 0 Å². The van der Waals surface area contributed by atoms with Crippen LogP contribution in [0.3, 0.4) is 0 Å². The van der Waals surface area contributed by atoms with Crippen molar-refractivity contribution >= 4 is 34.0 Å². The highest BCUT2D eigenvalue weighted by Crippen LogP contribution is 2.27. The van der Waals surface area contributed by atoms with E-state index >= 15 is 0 Å². The molecule has 5 rings (SSSR count). The summed E-state index contributed by atoms with van der Waals surface area (Å²) in [6.07, 6.45) is 1.53. The third kappa shape index (κ3) is 6.11. The number of fused-ring (bicyclic) bond motifs is 1. The molecule has 1 aromatic heterocycles. The number of amides is 1. The Morgan fingerprint density at radius 1 is 0.943 bits per heavy atom. The van der Waals surface area contributed by atoms with Crippen molar-refractivity contribution in [2.45, 2.75) is 6.61 Å². The molecular weight excluding hydrogens is 442 g/mol. The van der Waals surface area contributed by atoms with Gasteiger partial charge in [-0.2, -0.15) is 0 Å². The van der Waals surface area contributed by atoms with Crippen molar-refractivity contribution in [3.63, 3.8) is 0 Å². The molecule has 0 spiro atoms. The summed E-state index contributed by atoms with van der Waals surface area (Å²) >= 11 is 0. The van der Waals surface area contributed by atoms with E-state index in [-0.39, 0.29) is 5.91 Å². The van der Waals surface area contributed by atoms with Gasteiger partial charge in [0.1, 0.15) is 24.5 Å². The third-order valence-corrected chi connectivity index (χ3v) is 5.76. The maximum atomic E-state index is 12.5. The van der Waals surface area contributed by atoms with Crippen LogP contribution in [0.25, 0.3) is 10.9 Å². The van der Waals surface area contributed by atoms with Gasteiger partial charge in [0.15, 0.2) is 0 Å². The maximum Gasteiger partial charge on any atom is 0.238 e. The lowest BCUT2D eigenvalue weighted by molar-refractivity contribution is -0.118. The first-order chi connectivity index (χ1) is 17.2. The van der Waals surface area contributed by atoms with Gasteiger partial charge in [-0.25, -0.2) is 9.97 Å². The highest BCUT2D eigenvalue weighted by Gasteiger charge is 2.15. The monoisotopic (exact) mass is 469 g/mol. The lowest BCUT2D eigenvalue weighted by Gasteiger charge is -2.25. The first kappa shape index (κ1) is 22.8. The summed E-state index contributed by atoms with van der Waals surface area (Å²) < 4.78 is 11.2. The molecule has 1 saturated heterocycles. The summed E-state index contributed by atoms with van der Waals surface area (Å²) in [5.41, 5.74) is 3.49. The Hall–Kier alpha value is -4.01. The molecule has 178 valence electrons. The molecule has 0 radical (unpaired) electrons. The van der Waals surface area contributed by atoms with Crippen LogP contribution in [-0.2, 0) is 16.1 Å². The Morgan fingerprint density at radius 3 is 2.51 bits per heavy atom. The molecule has 8 heteroatoms. The topological polar surface area (TPSA) is 88.6 Å². The summed E-state index contributed by atoms with van der Waals surface area (Å²) in [4.78, 5) is 23.4. The van der Waals surface area contributed by atoms with Gasteiger partial charge in [-0.3, -0.25) is 9.69 Å². The van der Waals surface area contributed by atoms with E-state index in [1.807, 2.05) is 72.8 Å². The van der Waals surface area contributed by atoms with E-state index < -0.39 is 0 Å². The molecule has 0 atom stereocenters. The maximum absolute atomic E-state index is 12.5. The Balaban J connectivity index is 1.25. The van der Waals surface area contributed by atoms with Gasteiger partial charge in [0, 0.05) is 29.9 Å². The van der Waals surface area contributed by atoms with Gasteiger partial charge in [0.05, 0.1) is 25.3 Å². The molecule has 3 aromatic carbocycles. The van der Waals surface area contributed by atoms with Crippen molar-refractivity contribution in [2.24, 2.45) is 0 Å². The first-order valence-corrected chi connectivity index (χ1v) is 11.6. The van der Waals surface area contributed by atoms with Crippen molar-refractivity contribution in [2.75, 3.05) is 43.5 Å². The second-order valence-corrected chi connectivity index (χ2v) is 8.31. The standard InChI is InChI=1S/C27H27N5O3/c33-26(17-32-12-14-34-15-13-32)30-22-8-11-25-24(16-22)27(29-19-28-25)31-21-6-9-23(10-7-21)35-18-20-4-2-1-3-5-20/h1-11,16,19H,12-15,17-18H2,(H,30,33)(H,28,29,31). The number of hydrogen-bond acceptors (Lipinski definition) is 7. The number of hydrogen-bond donors (Lipinski definition) is 2. The van der Waals surface area contributed by atoms with Gasteiger partial charge in [0.2, 0.25) is 5.91 Å². The SMILES string of the molecule is O=C(CN1CCOCC1)Nc1ccc2ncnc(Nc3ccc(OCc4ccccc4)cc3)c2c1. The van der Waals surface area contributed by atoms with E-state index in [2.05, 4.69) is 25.5 Å². The lowest BCUT2D eigenvalue weighted by Crippen LogP contribution is -2.41. The molecular formula is C27H27N5O3. The predicted octanol–water partition coefficient (Wildman–Crippen LogP) is 4.22. The fraction of sp³-hybridized carbons (Fsp3) is 0.222. The minimum atomic E-state index is -0.0521. The summed E-state index contributed by atoms with van der Waals surface area (Å²) in [5, 5.41) is 7.16. The van der Waals surface area contributed by atoms with Crippen LogP contribution in [-0.4, -0.2) is 53.6 Å². The summed E-state index contributed by atoms with van der Waals surface area (Å²) in [6.45, 7) is 3.72. The minimum Gasteiger partial charge on any atom is -0.489 e. The van der Waals surface area contributed by atoms with Gasteiger partial charge in [-0.05, 0) is 48.0 Å². The van der Waals surface area contributed by atoms with Gasteiger partial charge >= 0.3 is 0 Å². The molecule has 1 aliphatic rings. The highest BCUT2D eigenvalue weighted by molar-refractivity contribution is 5.97. The zero-order valence-corrected chi connectivity index (χ0v) is 19.3. The smallest absolute Gasteiger partial charge is 0.238 e. The fourth-order valence-electron chi connectivity index (χ4n) is 3.91. The summed E-state index contributed by atoms with van der Waals surface area (Å²) in [5.74, 6) is 1.40. The average molecular weight is 470 g/mol. The Morgan fingerprint density at radius 2 is 1.71 bits per heavy atom. The van der Waals surface area contributed by atoms with Crippen molar-refractivity contribution in [1.29, 1.82) is 0 Å². The number of carbonyl (C=O) groups excluding carboxylic acids is 1. The molecule has 1 amide bonds. The van der Waals surface area contributed by atoms with Crippen molar-refractivity contribution in [3.8, 4) is 5.75 Å². The molecule has 0 saturated carbocycles. The third-order valence-electron chi connectivity index (χ3n) is 5.76. The molecule has 0 bridgehead atoms. The van der Waals surface area contributed by atoms with Crippen LogP contribution in [0.15, 0.2) is 79.1 Å². The quantitative estimate of drug-likeness (QED) is 0.399. The zero-order chi connectivity index (χ0) is 23.9. The van der Waals surface area contributed by atoms with Crippen LogP contribution in [0.2, 0.25) is 0 Å². The Kier molecular flexibility index (Phi) is 7.12. The van der Waals surface area contributed by atoms with Crippen molar-refractivity contribution in [3.05, 3.63) is 84.7 Å². The highest BCUT2D eigenvalue weighted by atomic mass is 16.5. The number of rotatable bonds is 8. The number of anilines is 3. The number of morpholine rings is 1. The molecule has 4 aromatic rings. The van der Waals surface area contributed by atoms with Gasteiger partial charge in [-0.1, -0.05) is 30.3 Å². The number of nitrogens with one attached hydrogen (secondary N) is 2. The molecule has 1 fully saturated rings. The molecule has 2 N–H and O–H groups in total.